The lowest BCUT2D eigenvalue weighted by Gasteiger charge is -2.23. The summed E-state index contributed by atoms with van der Waals surface area (Å²) in [5.41, 5.74) is 7.31. The molecule has 2 heterocycles. The Morgan fingerprint density at radius 2 is 1.86 bits per heavy atom. The third-order valence-electron chi connectivity index (χ3n) is 5.00. The van der Waals surface area contributed by atoms with Crippen LogP contribution in [-0.4, -0.2) is 54.2 Å². The Balaban J connectivity index is 0.00000163. The average Bonchev–Trinajstić information content (AvgIpc) is 3.14. The van der Waals surface area contributed by atoms with Crippen LogP contribution >= 0.6 is 0 Å². The van der Waals surface area contributed by atoms with Gasteiger partial charge >= 0.3 is 6.09 Å². The Hall–Kier alpha value is -3.56. The van der Waals surface area contributed by atoms with Gasteiger partial charge < -0.3 is 24.9 Å². The number of nitrogen functional groups attached to an aromatic ring is 1. The molecule has 0 saturated carbocycles. The fraction of sp³-hybridized carbons (Fsp3) is 0.556. The van der Waals surface area contributed by atoms with E-state index < -0.39 is 6.09 Å². The third-order valence-corrected chi connectivity index (χ3v) is 5.00. The number of hydrogen-bond acceptors (Lipinski definition) is 9. The van der Waals surface area contributed by atoms with Crippen molar-refractivity contribution >= 4 is 29.6 Å². The van der Waals surface area contributed by atoms with Crippen LogP contribution in [0.2, 0.25) is 0 Å². The van der Waals surface area contributed by atoms with Gasteiger partial charge in [-0.1, -0.05) is 32.9 Å². The molecule has 10 nitrogen and oxygen atoms in total. The second kappa shape index (κ2) is 17.8. The SMILES string of the molecule is CC.CC.CCO/N=C/c1c(N)ncnc1N1CCCC(OC(=O)Nc2ccc(OC(C)C)cc2)CC1. The molecule has 0 radical (unpaired) electrons. The van der Waals surface area contributed by atoms with Crippen molar-refractivity contribution < 1.29 is 19.1 Å². The summed E-state index contributed by atoms with van der Waals surface area (Å²) in [4.78, 5) is 28.0. The third kappa shape index (κ3) is 10.9. The fourth-order valence-corrected chi connectivity index (χ4v) is 3.52. The molecule has 1 aliphatic rings. The van der Waals surface area contributed by atoms with Gasteiger partial charge in [0.25, 0.3) is 0 Å². The predicted molar refractivity (Wildman–Crippen MR) is 151 cm³/mol. The first-order chi connectivity index (χ1) is 18.0. The van der Waals surface area contributed by atoms with E-state index in [2.05, 4.69) is 25.3 Å². The van der Waals surface area contributed by atoms with E-state index in [0.717, 1.165) is 25.1 Å². The lowest BCUT2D eigenvalue weighted by atomic mass is 10.2. The summed E-state index contributed by atoms with van der Waals surface area (Å²) < 4.78 is 11.3. The summed E-state index contributed by atoms with van der Waals surface area (Å²) in [6.45, 7) is 15.7. The van der Waals surface area contributed by atoms with Gasteiger partial charge in [0.2, 0.25) is 0 Å². The van der Waals surface area contributed by atoms with Gasteiger partial charge in [-0.2, -0.15) is 0 Å². The summed E-state index contributed by atoms with van der Waals surface area (Å²) in [5, 5.41) is 6.70. The van der Waals surface area contributed by atoms with Crippen LogP contribution in [0.5, 0.6) is 5.75 Å². The number of nitrogens with zero attached hydrogens (tertiary/aromatic N) is 4. The van der Waals surface area contributed by atoms with Gasteiger partial charge in [0, 0.05) is 25.2 Å². The molecular formula is C27H44N6O4. The Labute approximate surface area is 221 Å². The van der Waals surface area contributed by atoms with Crippen LogP contribution in [-0.2, 0) is 9.57 Å². The number of amides is 1. The zero-order valence-corrected chi connectivity index (χ0v) is 23.4. The van der Waals surface area contributed by atoms with E-state index in [0.29, 0.717) is 42.5 Å². The van der Waals surface area contributed by atoms with E-state index in [-0.39, 0.29) is 12.2 Å². The van der Waals surface area contributed by atoms with E-state index in [4.69, 9.17) is 20.0 Å². The van der Waals surface area contributed by atoms with Gasteiger partial charge in [-0.05, 0) is 57.9 Å². The van der Waals surface area contributed by atoms with Gasteiger partial charge in [-0.15, -0.1) is 0 Å². The highest BCUT2D eigenvalue weighted by Crippen LogP contribution is 2.24. The minimum atomic E-state index is -0.471. The topological polar surface area (TPSA) is 124 Å². The van der Waals surface area contributed by atoms with Gasteiger partial charge in [0.05, 0.1) is 17.9 Å². The maximum Gasteiger partial charge on any atom is 0.411 e. The number of rotatable bonds is 8. The lowest BCUT2D eigenvalue weighted by molar-refractivity contribution is 0.103. The number of carbonyl (C=O) groups is 1. The van der Waals surface area contributed by atoms with Gasteiger partial charge in [-0.25, -0.2) is 14.8 Å². The van der Waals surface area contributed by atoms with Crippen LogP contribution in [0.1, 0.15) is 73.3 Å². The number of oxime groups is 1. The molecule has 3 rings (SSSR count). The minimum Gasteiger partial charge on any atom is -0.491 e. The first-order valence-corrected chi connectivity index (χ1v) is 13.2. The molecule has 37 heavy (non-hydrogen) atoms. The first-order valence-electron chi connectivity index (χ1n) is 13.2. The molecule has 1 aromatic carbocycles. The van der Waals surface area contributed by atoms with Crippen LogP contribution in [0.3, 0.4) is 0 Å². The zero-order chi connectivity index (χ0) is 27.6. The Bertz CT molecular complexity index is 937. The number of hydrogen-bond donors (Lipinski definition) is 2. The molecule has 1 fully saturated rings. The molecule has 1 aliphatic heterocycles. The highest BCUT2D eigenvalue weighted by molar-refractivity contribution is 5.91. The predicted octanol–water partition coefficient (Wildman–Crippen LogP) is 5.88. The van der Waals surface area contributed by atoms with Crippen LogP contribution < -0.4 is 20.7 Å². The molecule has 10 heteroatoms. The van der Waals surface area contributed by atoms with E-state index in [1.807, 2.05) is 60.6 Å². The van der Waals surface area contributed by atoms with Crippen molar-refractivity contribution in [3.8, 4) is 5.75 Å². The second-order valence-electron chi connectivity index (χ2n) is 7.91. The molecule has 1 unspecified atom stereocenters. The molecular weight excluding hydrogens is 472 g/mol. The van der Waals surface area contributed by atoms with Crippen molar-refractivity contribution in [3.05, 3.63) is 36.2 Å². The van der Waals surface area contributed by atoms with Crippen LogP contribution in [0.25, 0.3) is 0 Å². The number of nitrogens with one attached hydrogen (secondary N) is 1. The number of benzene rings is 1. The summed E-state index contributed by atoms with van der Waals surface area (Å²) >= 11 is 0. The second-order valence-corrected chi connectivity index (χ2v) is 7.91. The van der Waals surface area contributed by atoms with E-state index in [1.54, 1.807) is 12.1 Å². The van der Waals surface area contributed by atoms with Crippen LogP contribution in [0.4, 0.5) is 22.1 Å². The normalized spacial score (nSPS) is 15.0. The van der Waals surface area contributed by atoms with Crippen molar-refractivity contribution in [1.29, 1.82) is 0 Å². The van der Waals surface area contributed by atoms with E-state index in [1.165, 1.54) is 12.5 Å². The molecule has 1 atom stereocenters. The van der Waals surface area contributed by atoms with Crippen molar-refractivity contribution in [2.45, 2.75) is 79.9 Å². The summed E-state index contributed by atoms with van der Waals surface area (Å²) in [5.74, 6) is 1.79. The smallest absolute Gasteiger partial charge is 0.411 e. The number of ether oxygens (including phenoxy) is 2. The molecule has 0 spiro atoms. The number of carbonyl (C=O) groups excluding carboxylic acids is 1. The standard InChI is InChI=1S/C23H32N6O4.2C2H6/c1-4-31-27-14-20-21(24)25-15-26-22(20)29-12-5-6-18(11-13-29)33-23(30)28-17-7-9-19(10-8-17)32-16(2)3;2*1-2/h7-10,14-16,18H,4-6,11-13H2,1-3H3,(H,28,30)(H2,24,25,26);2*1-2H3/b27-14+;;. The average molecular weight is 517 g/mol. The van der Waals surface area contributed by atoms with Crippen molar-refractivity contribution in [1.82, 2.24) is 9.97 Å². The molecule has 1 aromatic heterocycles. The molecule has 0 aliphatic carbocycles. The Kier molecular flexibility index (Phi) is 15.1. The lowest BCUT2D eigenvalue weighted by Crippen LogP contribution is -2.28. The van der Waals surface area contributed by atoms with Crippen molar-refractivity contribution in [3.63, 3.8) is 0 Å². The molecule has 1 amide bonds. The molecule has 3 N–H and O–H groups in total. The molecule has 0 bridgehead atoms. The largest absolute Gasteiger partial charge is 0.491 e. The molecule has 206 valence electrons. The Morgan fingerprint density at radius 3 is 2.51 bits per heavy atom. The van der Waals surface area contributed by atoms with Crippen molar-refractivity contribution in [2.24, 2.45) is 5.16 Å². The highest BCUT2D eigenvalue weighted by atomic mass is 16.6. The summed E-state index contributed by atoms with van der Waals surface area (Å²) in [6, 6.07) is 7.22. The number of nitrogens with two attached hydrogens (primary N) is 1. The minimum absolute atomic E-state index is 0.0930. The molecule has 1 saturated heterocycles. The maximum absolute atomic E-state index is 12.4. The van der Waals surface area contributed by atoms with E-state index >= 15 is 0 Å². The first kappa shape index (κ1) is 31.5. The maximum atomic E-state index is 12.4. The Morgan fingerprint density at radius 1 is 1.16 bits per heavy atom. The monoisotopic (exact) mass is 516 g/mol. The fourth-order valence-electron chi connectivity index (χ4n) is 3.52. The zero-order valence-electron chi connectivity index (χ0n) is 23.4. The highest BCUT2D eigenvalue weighted by Gasteiger charge is 2.23. The van der Waals surface area contributed by atoms with Crippen molar-refractivity contribution in [2.75, 3.05) is 35.6 Å². The van der Waals surface area contributed by atoms with Crippen LogP contribution in [0.15, 0.2) is 35.7 Å². The summed E-state index contributed by atoms with van der Waals surface area (Å²) in [6.07, 6.45) is 4.67. The van der Waals surface area contributed by atoms with Gasteiger partial charge in [-0.3, -0.25) is 5.32 Å². The summed E-state index contributed by atoms with van der Waals surface area (Å²) in [7, 11) is 0. The van der Waals surface area contributed by atoms with Crippen LogP contribution in [0, 0.1) is 0 Å². The van der Waals surface area contributed by atoms with Gasteiger partial charge in [0.15, 0.2) is 0 Å². The number of aromatic nitrogens is 2. The van der Waals surface area contributed by atoms with Gasteiger partial charge in [0.1, 0.15) is 36.4 Å². The number of anilines is 3. The quantitative estimate of drug-likeness (QED) is 0.329. The molecule has 2 aromatic rings. The van der Waals surface area contributed by atoms with E-state index in [9.17, 15) is 4.79 Å².